The summed E-state index contributed by atoms with van der Waals surface area (Å²) in [5, 5.41) is 12.4. The van der Waals surface area contributed by atoms with Gasteiger partial charge in [0.05, 0.1) is 16.6 Å². The summed E-state index contributed by atoms with van der Waals surface area (Å²) < 4.78 is 30.4. The number of benzene rings is 2. The van der Waals surface area contributed by atoms with Gasteiger partial charge in [0.25, 0.3) is 10.0 Å². The van der Waals surface area contributed by atoms with Gasteiger partial charge in [-0.05, 0) is 50.2 Å². The molecule has 1 unspecified atom stereocenters. The number of aryl methyl sites for hydroxylation is 1. The first-order valence-electron chi connectivity index (χ1n) is 8.96. The van der Waals surface area contributed by atoms with Gasteiger partial charge in [0, 0.05) is 17.1 Å². The molecule has 146 valence electrons. The number of anilines is 1. The first-order valence-corrected chi connectivity index (χ1v) is 10.8. The Morgan fingerprint density at radius 1 is 1.18 bits per heavy atom. The van der Waals surface area contributed by atoms with Gasteiger partial charge in [-0.3, -0.25) is 4.72 Å². The Morgan fingerprint density at radius 2 is 1.96 bits per heavy atom. The van der Waals surface area contributed by atoms with Crippen LogP contribution in [0.2, 0.25) is 5.02 Å². The molecule has 1 fully saturated rings. The number of hydrogen-bond donors (Lipinski definition) is 2. The normalized spacial score (nSPS) is 17.0. The zero-order valence-corrected chi connectivity index (χ0v) is 16.8. The van der Waals surface area contributed by atoms with E-state index in [0.29, 0.717) is 22.1 Å². The molecule has 0 amide bonds. The van der Waals surface area contributed by atoms with Gasteiger partial charge in [0.1, 0.15) is 5.82 Å². The molecule has 1 aromatic heterocycles. The fraction of sp³-hybridized carbons (Fsp3) is 0.263. The highest BCUT2D eigenvalue weighted by Gasteiger charge is 2.25. The van der Waals surface area contributed by atoms with Crippen LogP contribution in [0.15, 0.2) is 53.4 Å². The summed E-state index contributed by atoms with van der Waals surface area (Å²) in [5.74, 6) is 1.38. The highest BCUT2D eigenvalue weighted by atomic mass is 35.5. The second kappa shape index (κ2) is 7.54. The monoisotopic (exact) mass is 417 g/mol. The van der Waals surface area contributed by atoms with E-state index in [0.717, 1.165) is 25.3 Å². The lowest BCUT2D eigenvalue weighted by Gasteiger charge is -2.18. The van der Waals surface area contributed by atoms with Crippen molar-refractivity contribution in [3.05, 3.63) is 59.4 Å². The van der Waals surface area contributed by atoms with Crippen LogP contribution >= 0.6 is 11.6 Å². The maximum absolute atomic E-state index is 12.8. The first-order chi connectivity index (χ1) is 13.5. The molecule has 2 aromatic carbocycles. The van der Waals surface area contributed by atoms with E-state index in [1.165, 1.54) is 0 Å². The van der Waals surface area contributed by atoms with Crippen molar-refractivity contribution in [2.24, 2.45) is 0 Å². The van der Waals surface area contributed by atoms with Gasteiger partial charge in [-0.1, -0.05) is 29.8 Å². The van der Waals surface area contributed by atoms with E-state index in [2.05, 4.69) is 20.2 Å². The van der Waals surface area contributed by atoms with Crippen molar-refractivity contribution in [2.45, 2.75) is 24.3 Å². The van der Waals surface area contributed by atoms with Crippen molar-refractivity contribution in [2.75, 3.05) is 17.8 Å². The maximum atomic E-state index is 12.8. The molecule has 4 rings (SSSR count). The van der Waals surface area contributed by atoms with Crippen LogP contribution < -0.4 is 10.0 Å². The number of hydrogen-bond acceptors (Lipinski definition) is 5. The molecule has 0 radical (unpaired) electrons. The van der Waals surface area contributed by atoms with E-state index in [9.17, 15) is 8.42 Å². The molecular formula is C19H20ClN5O2S. The standard InChI is InChI=1S/C19H20ClN5O2S/c1-13-22-23-19(25(13)15-9-10-21-12-15)17-11-14(20)7-8-18(17)24-28(26,27)16-5-3-2-4-6-16/h2-8,11,15,21,24H,9-10,12H2,1H3. The van der Waals surface area contributed by atoms with Gasteiger partial charge < -0.3 is 9.88 Å². The number of sulfonamides is 1. The minimum absolute atomic E-state index is 0.188. The van der Waals surface area contributed by atoms with Crippen molar-refractivity contribution in [3.63, 3.8) is 0 Å². The lowest BCUT2D eigenvalue weighted by atomic mass is 10.1. The van der Waals surface area contributed by atoms with Gasteiger partial charge in [-0.15, -0.1) is 10.2 Å². The number of aromatic nitrogens is 3. The molecule has 0 spiro atoms. The molecule has 1 saturated heterocycles. The minimum atomic E-state index is -3.74. The molecular weight excluding hydrogens is 398 g/mol. The highest BCUT2D eigenvalue weighted by molar-refractivity contribution is 7.92. The molecule has 9 heteroatoms. The van der Waals surface area contributed by atoms with Crippen LogP contribution in [0, 0.1) is 6.92 Å². The van der Waals surface area contributed by atoms with Crippen LogP contribution in [-0.4, -0.2) is 36.3 Å². The third kappa shape index (κ3) is 3.63. The van der Waals surface area contributed by atoms with Gasteiger partial charge in [-0.25, -0.2) is 8.42 Å². The lowest BCUT2D eigenvalue weighted by molar-refractivity contribution is 0.537. The molecule has 3 aromatic rings. The largest absolute Gasteiger partial charge is 0.315 e. The van der Waals surface area contributed by atoms with E-state index in [-0.39, 0.29) is 10.9 Å². The molecule has 2 heterocycles. The van der Waals surface area contributed by atoms with E-state index in [1.807, 2.05) is 11.5 Å². The predicted molar refractivity (Wildman–Crippen MR) is 109 cm³/mol. The number of nitrogens with one attached hydrogen (secondary N) is 2. The molecule has 28 heavy (non-hydrogen) atoms. The molecule has 2 N–H and O–H groups in total. The molecule has 0 saturated carbocycles. The number of rotatable bonds is 5. The fourth-order valence-corrected chi connectivity index (χ4v) is 4.72. The molecule has 1 atom stereocenters. The van der Waals surface area contributed by atoms with Crippen LogP contribution in [0.25, 0.3) is 11.4 Å². The summed E-state index contributed by atoms with van der Waals surface area (Å²) in [6.07, 6.45) is 0.956. The summed E-state index contributed by atoms with van der Waals surface area (Å²) in [7, 11) is -3.74. The highest BCUT2D eigenvalue weighted by Crippen LogP contribution is 2.34. The third-order valence-corrected chi connectivity index (χ3v) is 6.40. The fourth-order valence-electron chi connectivity index (χ4n) is 3.44. The van der Waals surface area contributed by atoms with Crippen molar-refractivity contribution >= 4 is 27.3 Å². The van der Waals surface area contributed by atoms with Crippen LogP contribution in [0.5, 0.6) is 0 Å². The molecule has 1 aliphatic heterocycles. The summed E-state index contributed by atoms with van der Waals surface area (Å²) >= 11 is 6.23. The van der Waals surface area contributed by atoms with Crippen molar-refractivity contribution in [3.8, 4) is 11.4 Å². The summed E-state index contributed by atoms with van der Waals surface area (Å²) in [5.41, 5.74) is 1.01. The van der Waals surface area contributed by atoms with Crippen molar-refractivity contribution in [1.82, 2.24) is 20.1 Å². The van der Waals surface area contributed by atoms with Crippen LogP contribution in [-0.2, 0) is 10.0 Å². The Labute approximate surface area is 168 Å². The average molecular weight is 418 g/mol. The Kier molecular flexibility index (Phi) is 5.09. The van der Waals surface area contributed by atoms with Crippen molar-refractivity contribution < 1.29 is 8.42 Å². The van der Waals surface area contributed by atoms with E-state index < -0.39 is 10.0 Å². The van der Waals surface area contributed by atoms with E-state index in [4.69, 9.17) is 11.6 Å². The van der Waals surface area contributed by atoms with Crippen LogP contribution in [0.4, 0.5) is 5.69 Å². The first kappa shape index (κ1) is 18.9. The number of halogens is 1. The van der Waals surface area contributed by atoms with Gasteiger partial charge in [0.15, 0.2) is 5.82 Å². The number of nitrogens with zero attached hydrogens (tertiary/aromatic N) is 3. The quantitative estimate of drug-likeness (QED) is 0.665. The topological polar surface area (TPSA) is 88.9 Å². The van der Waals surface area contributed by atoms with E-state index in [1.54, 1.807) is 48.5 Å². The smallest absolute Gasteiger partial charge is 0.261 e. The van der Waals surface area contributed by atoms with Crippen LogP contribution in [0.1, 0.15) is 18.3 Å². The van der Waals surface area contributed by atoms with Gasteiger partial charge in [-0.2, -0.15) is 0 Å². The van der Waals surface area contributed by atoms with Crippen LogP contribution in [0.3, 0.4) is 0 Å². The predicted octanol–water partition coefficient (Wildman–Crippen LogP) is 3.24. The molecule has 0 aliphatic carbocycles. The zero-order valence-electron chi connectivity index (χ0n) is 15.3. The third-order valence-electron chi connectivity index (χ3n) is 4.79. The van der Waals surface area contributed by atoms with Gasteiger partial charge in [0.2, 0.25) is 0 Å². The maximum Gasteiger partial charge on any atom is 0.261 e. The Bertz CT molecular complexity index is 1090. The van der Waals surface area contributed by atoms with E-state index >= 15 is 0 Å². The SMILES string of the molecule is Cc1nnc(-c2cc(Cl)ccc2NS(=O)(=O)c2ccccc2)n1C1CCNC1. The molecule has 0 bridgehead atoms. The summed E-state index contributed by atoms with van der Waals surface area (Å²) in [6.45, 7) is 3.63. The summed E-state index contributed by atoms with van der Waals surface area (Å²) in [6, 6.07) is 13.5. The Morgan fingerprint density at radius 3 is 2.68 bits per heavy atom. The molecule has 1 aliphatic rings. The zero-order chi connectivity index (χ0) is 19.7. The second-order valence-corrected chi connectivity index (χ2v) is 8.81. The second-order valence-electron chi connectivity index (χ2n) is 6.70. The summed E-state index contributed by atoms with van der Waals surface area (Å²) in [4.78, 5) is 0.188. The Balaban J connectivity index is 1.79. The van der Waals surface area contributed by atoms with Crippen molar-refractivity contribution in [1.29, 1.82) is 0 Å². The minimum Gasteiger partial charge on any atom is -0.315 e. The Hall–Kier alpha value is -2.42. The molecule has 7 nitrogen and oxygen atoms in total. The van der Waals surface area contributed by atoms with Gasteiger partial charge >= 0.3 is 0 Å². The lowest BCUT2D eigenvalue weighted by Crippen LogP contribution is -2.17. The average Bonchev–Trinajstić information content (AvgIpc) is 3.33.